The number of carbonyl (C=O) groups excluding carboxylic acids is 2. The van der Waals surface area contributed by atoms with Gasteiger partial charge in [-0.3, -0.25) is 9.59 Å². The highest BCUT2D eigenvalue weighted by atomic mass is 16.5. The van der Waals surface area contributed by atoms with E-state index in [1.54, 1.807) is 7.11 Å². The van der Waals surface area contributed by atoms with Crippen LogP contribution in [0.1, 0.15) is 37.7 Å². The molecule has 2 amide bonds. The lowest BCUT2D eigenvalue weighted by atomic mass is 9.77. The topological polar surface area (TPSA) is 67.4 Å². The van der Waals surface area contributed by atoms with Crippen molar-refractivity contribution in [2.75, 3.05) is 13.7 Å². The SMILES string of the molecule is COc1ccc(CCC(=O)NCC23CCC=C2NC(=O)CC3)cc1. The van der Waals surface area contributed by atoms with Crippen molar-refractivity contribution in [2.24, 2.45) is 5.41 Å². The van der Waals surface area contributed by atoms with Crippen LogP contribution in [0.3, 0.4) is 0 Å². The first-order chi connectivity index (χ1) is 11.6. The maximum absolute atomic E-state index is 12.2. The van der Waals surface area contributed by atoms with Gasteiger partial charge in [-0.1, -0.05) is 18.2 Å². The highest BCUT2D eigenvalue weighted by molar-refractivity contribution is 5.80. The molecule has 24 heavy (non-hydrogen) atoms. The second kappa shape index (κ2) is 7.07. The van der Waals surface area contributed by atoms with E-state index in [1.807, 2.05) is 24.3 Å². The minimum absolute atomic E-state index is 0.0587. The van der Waals surface area contributed by atoms with Gasteiger partial charge in [-0.05, 0) is 43.4 Å². The van der Waals surface area contributed by atoms with Crippen LogP contribution in [0.4, 0.5) is 0 Å². The van der Waals surface area contributed by atoms with E-state index >= 15 is 0 Å². The normalized spacial score (nSPS) is 22.4. The molecule has 1 aromatic carbocycles. The number of ether oxygens (including phenoxy) is 1. The van der Waals surface area contributed by atoms with Gasteiger partial charge in [0, 0.05) is 30.5 Å². The van der Waals surface area contributed by atoms with Crippen molar-refractivity contribution in [3.05, 3.63) is 41.6 Å². The standard InChI is InChI=1S/C19H24N2O3/c1-24-15-7-4-14(5-8-15)6-9-17(22)20-13-19-11-2-3-16(19)21-18(23)10-12-19/h3-5,7-8H,2,6,9-13H2,1H3,(H,20,22)(H,21,23). The molecule has 1 aliphatic carbocycles. The predicted octanol–water partition coefficient (Wildman–Crippen LogP) is 2.32. The van der Waals surface area contributed by atoms with Crippen molar-refractivity contribution in [3.63, 3.8) is 0 Å². The van der Waals surface area contributed by atoms with Crippen molar-refractivity contribution in [1.82, 2.24) is 10.6 Å². The smallest absolute Gasteiger partial charge is 0.224 e. The van der Waals surface area contributed by atoms with Crippen LogP contribution in [0.25, 0.3) is 0 Å². The Bertz CT molecular complexity index is 651. The van der Waals surface area contributed by atoms with Crippen molar-refractivity contribution in [3.8, 4) is 5.75 Å². The summed E-state index contributed by atoms with van der Waals surface area (Å²) in [5.41, 5.74) is 2.06. The van der Waals surface area contributed by atoms with E-state index in [0.717, 1.165) is 36.3 Å². The monoisotopic (exact) mass is 328 g/mol. The Balaban J connectivity index is 1.48. The lowest BCUT2D eigenvalue weighted by Gasteiger charge is -2.36. The second-order valence-electron chi connectivity index (χ2n) is 6.61. The molecule has 1 heterocycles. The summed E-state index contributed by atoms with van der Waals surface area (Å²) < 4.78 is 5.13. The lowest BCUT2D eigenvalue weighted by molar-refractivity contribution is -0.123. The number of hydrogen-bond donors (Lipinski definition) is 2. The lowest BCUT2D eigenvalue weighted by Crippen LogP contribution is -2.46. The molecule has 0 spiro atoms. The molecule has 1 atom stereocenters. The third kappa shape index (κ3) is 3.61. The first kappa shape index (κ1) is 16.6. The molecule has 128 valence electrons. The fraction of sp³-hybridized carbons (Fsp3) is 0.474. The molecule has 5 heteroatoms. The van der Waals surface area contributed by atoms with Gasteiger partial charge in [-0.25, -0.2) is 0 Å². The number of methoxy groups -OCH3 is 1. The third-order valence-electron chi connectivity index (χ3n) is 5.07. The fourth-order valence-corrected chi connectivity index (χ4v) is 3.53. The van der Waals surface area contributed by atoms with E-state index < -0.39 is 0 Å². The molecular formula is C19H24N2O3. The maximum Gasteiger partial charge on any atom is 0.224 e. The molecule has 2 aliphatic rings. The number of hydrogen-bond acceptors (Lipinski definition) is 3. The van der Waals surface area contributed by atoms with Crippen LogP contribution in [-0.4, -0.2) is 25.5 Å². The van der Waals surface area contributed by atoms with Crippen LogP contribution >= 0.6 is 0 Å². The number of rotatable bonds is 6. The van der Waals surface area contributed by atoms with Crippen molar-refractivity contribution in [1.29, 1.82) is 0 Å². The number of benzene rings is 1. The Morgan fingerprint density at radius 3 is 2.83 bits per heavy atom. The summed E-state index contributed by atoms with van der Waals surface area (Å²) in [4.78, 5) is 23.7. The van der Waals surface area contributed by atoms with Crippen LogP contribution in [0.5, 0.6) is 5.75 Å². The van der Waals surface area contributed by atoms with Gasteiger partial charge in [0.1, 0.15) is 5.75 Å². The highest BCUT2D eigenvalue weighted by Gasteiger charge is 2.41. The van der Waals surface area contributed by atoms with Crippen LogP contribution in [0, 0.1) is 5.41 Å². The van der Waals surface area contributed by atoms with Gasteiger partial charge < -0.3 is 15.4 Å². The van der Waals surface area contributed by atoms with Crippen LogP contribution < -0.4 is 15.4 Å². The molecule has 2 N–H and O–H groups in total. The number of piperidine rings is 1. The average Bonchev–Trinajstić information content (AvgIpc) is 3.02. The number of carbonyl (C=O) groups is 2. The van der Waals surface area contributed by atoms with Gasteiger partial charge in [-0.2, -0.15) is 0 Å². The van der Waals surface area contributed by atoms with Crippen LogP contribution in [0.15, 0.2) is 36.0 Å². The molecule has 1 aromatic rings. The molecule has 0 aromatic heterocycles. The number of aryl methyl sites for hydroxylation is 1. The van der Waals surface area contributed by atoms with Crippen molar-refractivity contribution in [2.45, 2.75) is 38.5 Å². The molecule has 3 rings (SSSR count). The maximum atomic E-state index is 12.2. The summed E-state index contributed by atoms with van der Waals surface area (Å²) in [6.07, 6.45) is 6.61. The average molecular weight is 328 g/mol. The van der Waals surface area contributed by atoms with Gasteiger partial charge in [0.2, 0.25) is 11.8 Å². The van der Waals surface area contributed by atoms with E-state index in [0.29, 0.717) is 25.8 Å². The Kier molecular flexibility index (Phi) is 4.88. The summed E-state index contributed by atoms with van der Waals surface area (Å²) in [5, 5.41) is 6.04. The molecule has 1 unspecified atom stereocenters. The fourth-order valence-electron chi connectivity index (χ4n) is 3.53. The molecule has 1 aliphatic heterocycles. The van der Waals surface area contributed by atoms with Gasteiger partial charge in [-0.15, -0.1) is 0 Å². The zero-order valence-electron chi connectivity index (χ0n) is 14.1. The highest BCUT2D eigenvalue weighted by Crippen LogP contribution is 2.43. The first-order valence-corrected chi connectivity index (χ1v) is 8.51. The molecule has 1 fully saturated rings. The Hall–Kier alpha value is -2.30. The molecule has 0 radical (unpaired) electrons. The molecule has 5 nitrogen and oxygen atoms in total. The summed E-state index contributed by atoms with van der Waals surface area (Å²) in [5.74, 6) is 0.968. The Morgan fingerprint density at radius 1 is 1.29 bits per heavy atom. The van der Waals surface area contributed by atoms with E-state index in [2.05, 4.69) is 16.7 Å². The molecule has 1 saturated heterocycles. The third-order valence-corrected chi connectivity index (χ3v) is 5.07. The van der Waals surface area contributed by atoms with E-state index in [-0.39, 0.29) is 17.2 Å². The van der Waals surface area contributed by atoms with Gasteiger partial charge in [0.05, 0.1) is 7.11 Å². The van der Waals surface area contributed by atoms with E-state index in [4.69, 9.17) is 4.74 Å². The zero-order chi connectivity index (χ0) is 17.0. The minimum atomic E-state index is -0.0658. The molecule has 0 bridgehead atoms. The van der Waals surface area contributed by atoms with E-state index in [1.165, 1.54) is 0 Å². The summed E-state index contributed by atoms with van der Waals surface area (Å²) in [6, 6.07) is 7.79. The van der Waals surface area contributed by atoms with E-state index in [9.17, 15) is 9.59 Å². The largest absolute Gasteiger partial charge is 0.497 e. The van der Waals surface area contributed by atoms with Gasteiger partial charge in [0.15, 0.2) is 0 Å². The summed E-state index contributed by atoms with van der Waals surface area (Å²) in [7, 11) is 1.64. The van der Waals surface area contributed by atoms with Gasteiger partial charge >= 0.3 is 0 Å². The second-order valence-corrected chi connectivity index (χ2v) is 6.61. The molecular weight excluding hydrogens is 304 g/mol. The first-order valence-electron chi connectivity index (χ1n) is 8.51. The number of fused-ring (bicyclic) bond motifs is 1. The van der Waals surface area contributed by atoms with Crippen molar-refractivity contribution >= 4 is 11.8 Å². The number of allylic oxidation sites excluding steroid dienone is 1. The summed E-state index contributed by atoms with van der Waals surface area (Å²) >= 11 is 0. The Morgan fingerprint density at radius 2 is 2.08 bits per heavy atom. The van der Waals surface area contributed by atoms with Crippen LogP contribution in [-0.2, 0) is 16.0 Å². The zero-order valence-corrected chi connectivity index (χ0v) is 14.1. The van der Waals surface area contributed by atoms with Gasteiger partial charge in [0.25, 0.3) is 0 Å². The quantitative estimate of drug-likeness (QED) is 0.842. The van der Waals surface area contributed by atoms with Crippen LogP contribution in [0.2, 0.25) is 0 Å². The number of nitrogens with one attached hydrogen (secondary N) is 2. The molecule has 0 saturated carbocycles. The van der Waals surface area contributed by atoms with Crippen molar-refractivity contribution < 1.29 is 14.3 Å². The summed E-state index contributed by atoms with van der Waals surface area (Å²) in [6.45, 7) is 0.612. The Labute approximate surface area is 142 Å². The number of amides is 2. The predicted molar refractivity (Wildman–Crippen MR) is 91.5 cm³/mol. The minimum Gasteiger partial charge on any atom is -0.497 e.